The maximum atomic E-state index is 12.5. The van der Waals surface area contributed by atoms with Gasteiger partial charge in [-0.05, 0) is 5.56 Å². The minimum atomic E-state index is -0.593. The Hall–Kier alpha value is -1.43. The summed E-state index contributed by atoms with van der Waals surface area (Å²) < 4.78 is 12.5. The van der Waals surface area contributed by atoms with Crippen LogP contribution in [-0.2, 0) is 14.3 Å². The standard InChI is InChI=1S/C18H24NO4/c1-19(2)14-8-12(9-15(19)17-16(14)23-17)22-18(21)13(10-20)11-6-4-3-5-7-11/h3-7,12-17,20H,8-10H2,1-2H3/q+1/t12-,13-,14+,15+,16-,17+/m1/s1. The van der Waals surface area contributed by atoms with E-state index in [2.05, 4.69) is 14.1 Å². The van der Waals surface area contributed by atoms with Gasteiger partial charge in [0.05, 0.1) is 20.7 Å². The van der Waals surface area contributed by atoms with Gasteiger partial charge < -0.3 is 19.1 Å². The number of carbonyl (C=O) groups is 1. The Labute approximate surface area is 136 Å². The van der Waals surface area contributed by atoms with Gasteiger partial charge in [-0.15, -0.1) is 0 Å². The number of hydrogen-bond donors (Lipinski definition) is 1. The highest BCUT2D eigenvalue weighted by Gasteiger charge is 2.70. The van der Waals surface area contributed by atoms with Gasteiger partial charge in [-0.2, -0.15) is 0 Å². The van der Waals surface area contributed by atoms with E-state index in [0.29, 0.717) is 24.3 Å². The van der Waals surface area contributed by atoms with Crippen LogP contribution in [0.25, 0.3) is 0 Å². The van der Waals surface area contributed by atoms with Crippen LogP contribution in [0.1, 0.15) is 24.3 Å². The average Bonchev–Trinajstić information content (AvgIpc) is 3.27. The minimum absolute atomic E-state index is 0.0576. The fourth-order valence-electron chi connectivity index (χ4n) is 4.55. The van der Waals surface area contributed by atoms with Crippen molar-refractivity contribution in [2.24, 2.45) is 0 Å². The van der Waals surface area contributed by atoms with Crippen LogP contribution >= 0.6 is 0 Å². The zero-order valence-corrected chi connectivity index (χ0v) is 13.6. The van der Waals surface area contributed by atoms with Crippen LogP contribution in [0, 0.1) is 0 Å². The minimum Gasteiger partial charge on any atom is -0.461 e. The Balaban J connectivity index is 1.44. The average molecular weight is 318 g/mol. The number of aliphatic hydroxyl groups is 1. The second kappa shape index (κ2) is 5.30. The Bertz CT molecular complexity index is 582. The first-order chi connectivity index (χ1) is 11.0. The van der Waals surface area contributed by atoms with E-state index >= 15 is 0 Å². The maximum Gasteiger partial charge on any atom is 0.316 e. The lowest BCUT2D eigenvalue weighted by atomic mass is 9.95. The van der Waals surface area contributed by atoms with E-state index in [0.717, 1.165) is 22.9 Å². The molecule has 3 aliphatic heterocycles. The van der Waals surface area contributed by atoms with Crippen LogP contribution in [0.2, 0.25) is 0 Å². The summed E-state index contributed by atoms with van der Waals surface area (Å²) in [6.07, 6.45) is 2.34. The maximum absolute atomic E-state index is 12.5. The van der Waals surface area contributed by atoms with Gasteiger partial charge in [0.1, 0.15) is 36.3 Å². The molecule has 0 aromatic heterocycles. The van der Waals surface area contributed by atoms with Gasteiger partial charge in [0.2, 0.25) is 0 Å². The summed E-state index contributed by atoms with van der Waals surface area (Å²) in [5.74, 6) is -0.908. The summed E-state index contributed by atoms with van der Waals surface area (Å²) in [5.41, 5.74) is 0.807. The Morgan fingerprint density at radius 3 is 2.43 bits per heavy atom. The predicted molar refractivity (Wildman–Crippen MR) is 83.7 cm³/mol. The molecule has 0 radical (unpaired) electrons. The molecule has 4 rings (SSSR count). The number of benzene rings is 1. The number of nitrogens with zero attached hydrogens (tertiary/aromatic N) is 1. The van der Waals surface area contributed by atoms with Gasteiger partial charge in [0, 0.05) is 12.8 Å². The summed E-state index contributed by atoms with van der Waals surface area (Å²) in [5, 5.41) is 9.60. The van der Waals surface area contributed by atoms with Gasteiger partial charge >= 0.3 is 5.97 Å². The normalized spacial score (nSPS) is 37.8. The third-order valence-corrected chi connectivity index (χ3v) is 5.99. The van der Waals surface area contributed by atoms with Crippen molar-refractivity contribution in [2.45, 2.75) is 49.2 Å². The third kappa shape index (κ3) is 2.38. The zero-order chi connectivity index (χ0) is 16.2. The Morgan fingerprint density at radius 2 is 1.87 bits per heavy atom. The zero-order valence-electron chi connectivity index (χ0n) is 13.6. The molecule has 0 saturated carbocycles. The topological polar surface area (TPSA) is 59.1 Å². The highest BCUT2D eigenvalue weighted by atomic mass is 16.6. The fourth-order valence-corrected chi connectivity index (χ4v) is 4.55. The molecule has 2 bridgehead atoms. The number of epoxide rings is 1. The number of piperidine rings is 1. The molecule has 5 heteroatoms. The van der Waals surface area contributed by atoms with Crippen molar-refractivity contribution in [1.29, 1.82) is 0 Å². The summed E-state index contributed by atoms with van der Waals surface area (Å²) >= 11 is 0. The lowest BCUT2D eigenvalue weighted by molar-refractivity contribution is -0.938. The summed E-state index contributed by atoms with van der Waals surface area (Å²) in [7, 11) is 4.51. The second-order valence-electron chi connectivity index (χ2n) is 7.51. The van der Waals surface area contributed by atoms with Gasteiger partial charge in [-0.1, -0.05) is 30.3 Å². The van der Waals surface area contributed by atoms with Crippen LogP contribution in [0.3, 0.4) is 0 Å². The van der Waals surface area contributed by atoms with Gasteiger partial charge in [0.15, 0.2) is 0 Å². The SMILES string of the molecule is C[N+]1(C)[C@H]2C[C@H](OC(=O)[C@H](CO)c3ccccc3)C[C@H]1[C@H]1O[C@H]12. The summed E-state index contributed by atoms with van der Waals surface area (Å²) in [4.78, 5) is 12.5. The second-order valence-corrected chi connectivity index (χ2v) is 7.51. The molecule has 0 aliphatic carbocycles. The third-order valence-electron chi connectivity index (χ3n) is 5.99. The Kier molecular flexibility index (Phi) is 3.48. The van der Waals surface area contributed by atoms with Gasteiger partial charge in [0.25, 0.3) is 0 Å². The molecule has 0 spiro atoms. The fraction of sp³-hybridized carbons (Fsp3) is 0.611. The van der Waals surface area contributed by atoms with Gasteiger partial charge in [-0.3, -0.25) is 4.79 Å². The molecule has 1 aromatic rings. The molecule has 3 heterocycles. The molecule has 0 unspecified atom stereocenters. The van der Waals surface area contributed by atoms with Crippen molar-refractivity contribution in [3.05, 3.63) is 35.9 Å². The first kappa shape index (κ1) is 15.1. The van der Waals surface area contributed by atoms with E-state index in [1.165, 1.54) is 0 Å². The molecular formula is C18H24NO4+. The first-order valence-electron chi connectivity index (χ1n) is 8.37. The molecule has 0 amide bonds. The molecular weight excluding hydrogens is 294 g/mol. The van der Waals surface area contributed by atoms with Crippen molar-refractivity contribution in [2.75, 3.05) is 20.7 Å². The summed E-state index contributed by atoms with van der Waals surface area (Å²) in [6, 6.07) is 10.2. The molecule has 124 valence electrons. The number of likely N-dealkylation sites (N-methyl/N-ethyl adjacent to an activating group) is 1. The van der Waals surface area contributed by atoms with E-state index in [-0.39, 0.29) is 18.7 Å². The highest BCUT2D eigenvalue weighted by molar-refractivity contribution is 5.78. The monoisotopic (exact) mass is 318 g/mol. The predicted octanol–water partition coefficient (Wildman–Crippen LogP) is 1.06. The summed E-state index contributed by atoms with van der Waals surface area (Å²) in [6.45, 7) is -0.224. The first-order valence-corrected chi connectivity index (χ1v) is 8.37. The highest BCUT2D eigenvalue weighted by Crippen LogP contribution is 2.51. The van der Waals surface area contributed by atoms with Crippen LogP contribution < -0.4 is 0 Å². The number of hydrogen-bond acceptors (Lipinski definition) is 4. The number of morpholine rings is 1. The van der Waals surface area contributed by atoms with Crippen LogP contribution in [0.15, 0.2) is 30.3 Å². The molecule has 23 heavy (non-hydrogen) atoms. The van der Waals surface area contributed by atoms with E-state index < -0.39 is 5.92 Å². The number of ether oxygens (including phenoxy) is 2. The number of esters is 1. The van der Waals surface area contributed by atoms with Crippen molar-refractivity contribution in [3.8, 4) is 0 Å². The van der Waals surface area contributed by atoms with Crippen LogP contribution in [0.4, 0.5) is 0 Å². The number of aliphatic hydroxyl groups excluding tert-OH is 1. The van der Waals surface area contributed by atoms with E-state index in [9.17, 15) is 9.90 Å². The van der Waals surface area contributed by atoms with Crippen molar-refractivity contribution >= 4 is 5.97 Å². The van der Waals surface area contributed by atoms with Crippen molar-refractivity contribution in [1.82, 2.24) is 0 Å². The molecule has 5 nitrogen and oxygen atoms in total. The molecule has 1 N–H and O–H groups in total. The molecule has 1 aromatic carbocycles. The lowest BCUT2D eigenvalue weighted by Crippen LogP contribution is -2.60. The number of rotatable bonds is 4. The van der Waals surface area contributed by atoms with Crippen molar-refractivity contribution in [3.63, 3.8) is 0 Å². The van der Waals surface area contributed by atoms with E-state index in [4.69, 9.17) is 9.47 Å². The lowest BCUT2D eigenvalue weighted by Gasteiger charge is -2.45. The van der Waals surface area contributed by atoms with Crippen LogP contribution in [0.5, 0.6) is 0 Å². The van der Waals surface area contributed by atoms with Gasteiger partial charge in [-0.25, -0.2) is 0 Å². The molecule has 3 aliphatic rings. The molecule has 3 saturated heterocycles. The van der Waals surface area contributed by atoms with Crippen LogP contribution in [-0.4, -0.2) is 66.7 Å². The number of fused-ring (bicyclic) bond motifs is 5. The van der Waals surface area contributed by atoms with E-state index in [1.54, 1.807) is 0 Å². The van der Waals surface area contributed by atoms with E-state index in [1.807, 2.05) is 30.3 Å². The number of carbonyl (C=O) groups excluding carboxylic acids is 1. The quantitative estimate of drug-likeness (QED) is 0.512. The smallest absolute Gasteiger partial charge is 0.316 e. The molecule has 3 fully saturated rings. The Morgan fingerprint density at radius 1 is 1.26 bits per heavy atom. The largest absolute Gasteiger partial charge is 0.461 e. The van der Waals surface area contributed by atoms with Crippen molar-refractivity contribution < 1.29 is 23.9 Å². The number of quaternary nitrogens is 1. The molecule has 6 atom stereocenters.